The molecule has 1 N–H and O–H groups in total. The van der Waals surface area contributed by atoms with Gasteiger partial charge < -0.3 is 4.52 Å². The van der Waals surface area contributed by atoms with Gasteiger partial charge in [0.2, 0.25) is 5.88 Å². The number of anilines is 1. The van der Waals surface area contributed by atoms with E-state index in [2.05, 4.69) is 10.5 Å². The van der Waals surface area contributed by atoms with Gasteiger partial charge in [-0.25, -0.2) is 8.42 Å². The maximum atomic E-state index is 12.4. The summed E-state index contributed by atoms with van der Waals surface area (Å²) in [5.41, 5.74) is 2.61. The van der Waals surface area contributed by atoms with Gasteiger partial charge in [-0.1, -0.05) is 47.1 Å². The van der Waals surface area contributed by atoms with Crippen molar-refractivity contribution in [1.29, 1.82) is 0 Å². The molecule has 0 fully saturated rings. The maximum absolute atomic E-state index is 12.4. The molecule has 1 amide bonds. The van der Waals surface area contributed by atoms with Gasteiger partial charge in [-0.2, -0.15) is 0 Å². The Bertz CT molecular complexity index is 1020. The highest BCUT2D eigenvalue weighted by Crippen LogP contribution is 2.23. The Kier molecular flexibility index (Phi) is 4.41. The van der Waals surface area contributed by atoms with Crippen LogP contribution in [0.3, 0.4) is 0 Å². The van der Waals surface area contributed by atoms with Crippen molar-refractivity contribution in [2.24, 2.45) is 0 Å². The van der Waals surface area contributed by atoms with E-state index in [4.69, 9.17) is 4.52 Å². The fourth-order valence-electron chi connectivity index (χ4n) is 2.35. The van der Waals surface area contributed by atoms with E-state index in [1.54, 1.807) is 18.2 Å². The van der Waals surface area contributed by atoms with Gasteiger partial charge in [0.05, 0.1) is 10.5 Å². The van der Waals surface area contributed by atoms with Crippen molar-refractivity contribution in [2.45, 2.75) is 11.8 Å². The minimum atomic E-state index is -3.52. The molecule has 3 aromatic rings. The van der Waals surface area contributed by atoms with E-state index >= 15 is 0 Å². The van der Waals surface area contributed by atoms with Gasteiger partial charge in [0, 0.05) is 17.9 Å². The number of amides is 1. The minimum absolute atomic E-state index is 0.0363. The van der Waals surface area contributed by atoms with Crippen LogP contribution in [0, 0.1) is 6.92 Å². The van der Waals surface area contributed by atoms with Crippen LogP contribution in [0.4, 0.5) is 5.88 Å². The van der Waals surface area contributed by atoms with Crippen LogP contribution in [0.15, 0.2) is 64.0 Å². The highest BCUT2D eigenvalue weighted by atomic mass is 32.2. The molecule has 0 radical (unpaired) electrons. The number of hydrogen-bond acceptors (Lipinski definition) is 5. The molecule has 0 atom stereocenters. The molecule has 25 heavy (non-hydrogen) atoms. The molecular formula is C18H16N2O4S. The Labute approximate surface area is 145 Å². The Hall–Kier alpha value is -2.93. The molecule has 0 saturated carbocycles. The quantitative estimate of drug-likeness (QED) is 0.775. The molecule has 0 aliphatic carbocycles. The van der Waals surface area contributed by atoms with Gasteiger partial charge >= 0.3 is 0 Å². The first-order valence-corrected chi connectivity index (χ1v) is 9.38. The smallest absolute Gasteiger partial charge is 0.259 e. The van der Waals surface area contributed by atoms with Crippen LogP contribution in [-0.4, -0.2) is 25.7 Å². The summed E-state index contributed by atoms with van der Waals surface area (Å²) in [7, 11) is -3.52. The lowest BCUT2D eigenvalue weighted by Gasteiger charge is -2.06. The van der Waals surface area contributed by atoms with E-state index in [1.807, 2.05) is 31.2 Å². The van der Waals surface area contributed by atoms with Crippen molar-refractivity contribution in [3.8, 4) is 11.3 Å². The highest BCUT2D eigenvalue weighted by Gasteiger charge is 2.19. The zero-order valence-electron chi connectivity index (χ0n) is 13.7. The number of hydrogen-bond donors (Lipinski definition) is 1. The topological polar surface area (TPSA) is 89.3 Å². The number of carbonyl (C=O) groups is 1. The number of nitrogens with one attached hydrogen (secondary N) is 1. The standard InChI is InChI=1S/C18H16N2O4S/c1-12-7-9-13(10-8-12)15-11-17(24-20-15)19-18(21)14-5-3-4-6-16(14)25(2,22)23/h3-11H,1-2H3,(H,19,21). The molecule has 0 spiro atoms. The second kappa shape index (κ2) is 6.52. The molecular weight excluding hydrogens is 340 g/mol. The number of sulfone groups is 1. The number of rotatable bonds is 4. The summed E-state index contributed by atoms with van der Waals surface area (Å²) in [4.78, 5) is 12.4. The minimum Gasteiger partial charge on any atom is -0.338 e. The average Bonchev–Trinajstić information content (AvgIpc) is 3.03. The van der Waals surface area contributed by atoms with Crippen molar-refractivity contribution < 1.29 is 17.7 Å². The number of nitrogens with zero attached hydrogens (tertiary/aromatic N) is 1. The van der Waals surface area contributed by atoms with Crippen molar-refractivity contribution in [2.75, 3.05) is 11.6 Å². The molecule has 1 aromatic heterocycles. The second-order valence-electron chi connectivity index (χ2n) is 5.66. The first-order valence-electron chi connectivity index (χ1n) is 7.49. The largest absolute Gasteiger partial charge is 0.338 e. The highest BCUT2D eigenvalue weighted by molar-refractivity contribution is 7.90. The predicted octanol–water partition coefficient (Wildman–Crippen LogP) is 3.31. The van der Waals surface area contributed by atoms with Gasteiger partial charge in [0.25, 0.3) is 5.91 Å². The zero-order chi connectivity index (χ0) is 18.0. The summed E-state index contributed by atoms with van der Waals surface area (Å²) in [6.45, 7) is 1.98. The van der Waals surface area contributed by atoms with Crippen molar-refractivity contribution in [3.63, 3.8) is 0 Å². The van der Waals surface area contributed by atoms with Gasteiger partial charge in [-0.15, -0.1) is 0 Å². The maximum Gasteiger partial charge on any atom is 0.259 e. The predicted molar refractivity (Wildman–Crippen MR) is 94.2 cm³/mol. The van der Waals surface area contributed by atoms with Gasteiger partial charge in [0.1, 0.15) is 5.69 Å². The van der Waals surface area contributed by atoms with Crippen LogP contribution in [0.25, 0.3) is 11.3 Å². The molecule has 7 heteroatoms. The SMILES string of the molecule is Cc1ccc(-c2cc(NC(=O)c3ccccc3S(C)(=O)=O)on2)cc1. The summed E-state index contributed by atoms with van der Waals surface area (Å²) >= 11 is 0. The van der Waals surface area contributed by atoms with E-state index in [-0.39, 0.29) is 16.3 Å². The lowest BCUT2D eigenvalue weighted by Crippen LogP contribution is -2.15. The molecule has 0 aliphatic rings. The average molecular weight is 356 g/mol. The Morgan fingerprint density at radius 1 is 1.08 bits per heavy atom. The normalized spacial score (nSPS) is 11.3. The third-order valence-electron chi connectivity index (χ3n) is 3.63. The Balaban J connectivity index is 1.85. The molecule has 3 rings (SSSR count). The second-order valence-corrected chi connectivity index (χ2v) is 7.65. The van der Waals surface area contributed by atoms with Crippen LogP contribution in [0.2, 0.25) is 0 Å². The third kappa shape index (κ3) is 3.77. The molecule has 128 valence electrons. The van der Waals surface area contributed by atoms with Crippen LogP contribution in [0.5, 0.6) is 0 Å². The summed E-state index contributed by atoms with van der Waals surface area (Å²) in [6.07, 6.45) is 1.06. The molecule has 2 aromatic carbocycles. The molecule has 0 bridgehead atoms. The first-order chi connectivity index (χ1) is 11.8. The summed E-state index contributed by atoms with van der Waals surface area (Å²) in [6, 6.07) is 15.3. The van der Waals surface area contributed by atoms with Crippen molar-refractivity contribution >= 4 is 21.6 Å². The summed E-state index contributed by atoms with van der Waals surface area (Å²) < 4.78 is 28.8. The van der Waals surface area contributed by atoms with E-state index < -0.39 is 15.7 Å². The molecule has 0 aliphatic heterocycles. The third-order valence-corrected chi connectivity index (χ3v) is 4.78. The van der Waals surface area contributed by atoms with Crippen LogP contribution < -0.4 is 5.32 Å². The fourth-order valence-corrected chi connectivity index (χ4v) is 3.24. The lowest BCUT2D eigenvalue weighted by atomic mass is 10.1. The Morgan fingerprint density at radius 2 is 1.76 bits per heavy atom. The monoisotopic (exact) mass is 356 g/mol. The molecule has 0 saturated heterocycles. The van der Waals surface area contributed by atoms with Gasteiger partial charge in [0.15, 0.2) is 9.84 Å². The number of aromatic nitrogens is 1. The fraction of sp³-hybridized carbons (Fsp3) is 0.111. The Morgan fingerprint density at radius 3 is 2.44 bits per heavy atom. The number of aryl methyl sites for hydroxylation is 1. The summed E-state index contributed by atoms with van der Waals surface area (Å²) in [5, 5.41) is 6.47. The van der Waals surface area contributed by atoms with E-state index in [9.17, 15) is 13.2 Å². The molecule has 1 heterocycles. The van der Waals surface area contributed by atoms with E-state index in [1.165, 1.54) is 12.1 Å². The molecule has 0 unspecified atom stereocenters. The lowest BCUT2D eigenvalue weighted by molar-refractivity contribution is 0.102. The van der Waals surface area contributed by atoms with Gasteiger partial charge in [-0.3, -0.25) is 10.1 Å². The molecule has 6 nitrogen and oxygen atoms in total. The van der Waals surface area contributed by atoms with Crippen molar-refractivity contribution in [1.82, 2.24) is 5.16 Å². The van der Waals surface area contributed by atoms with E-state index in [0.29, 0.717) is 5.69 Å². The number of carbonyl (C=O) groups excluding carboxylic acids is 1. The van der Waals surface area contributed by atoms with Gasteiger partial charge in [-0.05, 0) is 19.1 Å². The van der Waals surface area contributed by atoms with Crippen LogP contribution in [0.1, 0.15) is 15.9 Å². The zero-order valence-corrected chi connectivity index (χ0v) is 14.5. The van der Waals surface area contributed by atoms with Crippen LogP contribution in [-0.2, 0) is 9.84 Å². The van der Waals surface area contributed by atoms with E-state index in [0.717, 1.165) is 17.4 Å². The van der Waals surface area contributed by atoms with Crippen molar-refractivity contribution in [3.05, 3.63) is 65.7 Å². The first kappa shape index (κ1) is 16.9. The summed E-state index contributed by atoms with van der Waals surface area (Å²) in [5.74, 6) is -0.434. The van der Waals surface area contributed by atoms with Crippen LogP contribution >= 0.6 is 0 Å². The number of benzene rings is 2.